The van der Waals surface area contributed by atoms with E-state index in [1.54, 1.807) is 7.11 Å². The van der Waals surface area contributed by atoms with Crippen LogP contribution in [-0.2, 0) is 0 Å². The van der Waals surface area contributed by atoms with E-state index >= 15 is 0 Å². The van der Waals surface area contributed by atoms with Gasteiger partial charge < -0.3 is 4.74 Å². The summed E-state index contributed by atoms with van der Waals surface area (Å²) in [4.78, 5) is 0.316. The summed E-state index contributed by atoms with van der Waals surface area (Å²) in [5, 5.41) is 0.761. The molecule has 0 bridgehead atoms. The van der Waals surface area contributed by atoms with E-state index in [2.05, 4.69) is 29.8 Å². The predicted molar refractivity (Wildman–Crippen MR) is 69.1 cm³/mol. The van der Waals surface area contributed by atoms with Crippen LogP contribution in [0.1, 0.15) is 30.7 Å². The summed E-state index contributed by atoms with van der Waals surface area (Å²) in [6.07, 6.45) is 1.08. The lowest BCUT2D eigenvalue weighted by Gasteiger charge is -2.14. The van der Waals surface area contributed by atoms with Crippen LogP contribution >= 0.6 is 27.5 Å². The first-order chi connectivity index (χ1) is 7.04. The number of benzene rings is 1. The first-order valence-corrected chi connectivity index (χ1v) is 6.31. The van der Waals surface area contributed by atoms with E-state index in [0.717, 1.165) is 22.8 Å². The maximum Gasteiger partial charge on any atom is 0.120 e. The fraction of sp³-hybridized carbons (Fsp3) is 0.500. The molecule has 0 heterocycles. The molecule has 1 unspecified atom stereocenters. The third-order valence-corrected chi connectivity index (χ3v) is 3.42. The molecule has 1 aromatic carbocycles. The summed E-state index contributed by atoms with van der Waals surface area (Å²) in [6.45, 7) is 4.40. The molecule has 0 radical (unpaired) electrons. The molecule has 0 saturated heterocycles. The Morgan fingerprint density at radius 3 is 2.53 bits per heavy atom. The van der Waals surface area contributed by atoms with Crippen molar-refractivity contribution in [2.24, 2.45) is 5.92 Å². The van der Waals surface area contributed by atoms with Gasteiger partial charge in [-0.1, -0.05) is 47.4 Å². The van der Waals surface area contributed by atoms with Crippen molar-refractivity contribution in [3.05, 3.63) is 28.8 Å². The summed E-state index contributed by atoms with van der Waals surface area (Å²) in [5.74, 6) is 1.44. The van der Waals surface area contributed by atoms with Crippen LogP contribution in [0.2, 0.25) is 5.02 Å². The number of hydrogen-bond donors (Lipinski definition) is 0. The highest BCUT2D eigenvalue weighted by molar-refractivity contribution is 9.09. The Morgan fingerprint density at radius 1 is 1.40 bits per heavy atom. The topological polar surface area (TPSA) is 9.23 Å². The van der Waals surface area contributed by atoms with Crippen molar-refractivity contribution in [3.63, 3.8) is 0 Å². The molecule has 1 atom stereocenters. The molecule has 15 heavy (non-hydrogen) atoms. The van der Waals surface area contributed by atoms with Gasteiger partial charge in [-0.2, -0.15) is 0 Å². The number of ether oxygens (including phenoxy) is 1. The van der Waals surface area contributed by atoms with Gasteiger partial charge in [0.25, 0.3) is 0 Å². The quantitative estimate of drug-likeness (QED) is 0.722. The summed E-state index contributed by atoms with van der Waals surface area (Å²) in [5.41, 5.74) is 1.13. The van der Waals surface area contributed by atoms with Gasteiger partial charge in [0.2, 0.25) is 0 Å². The van der Waals surface area contributed by atoms with Crippen molar-refractivity contribution < 1.29 is 4.74 Å². The molecule has 1 aromatic rings. The lowest BCUT2D eigenvalue weighted by molar-refractivity contribution is 0.414. The number of halogens is 2. The van der Waals surface area contributed by atoms with Crippen LogP contribution in [0.4, 0.5) is 0 Å². The highest BCUT2D eigenvalue weighted by Crippen LogP contribution is 2.35. The highest BCUT2D eigenvalue weighted by Gasteiger charge is 2.13. The molecular weight excluding hydrogens is 275 g/mol. The molecule has 1 rings (SSSR count). The summed E-state index contributed by atoms with van der Waals surface area (Å²) < 4.78 is 5.11. The zero-order valence-electron chi connectivity index (χ0n) is 9.26. The van der Waals surface area contributed by atoms with Gasteiger partial charge in [-0.3, -0.25) is 0 Å². The minimum absolute atomic E-state index is 0.316. The van der Waals surface area contributed by atoms with Crippen molar-refractivity contribution in [1.82, 2.24) is 0 Å². The molecule has 0 fully saturated rings. The van der Waals surface area contributed by atoms with Gasteiger partial charge in [0.05, 0.1) is 7.11 Å². The lowest BCUT2D eigenvalue weighted by Crippen LogP contribution is -1.97. The Hall–Kier alpha value is -0.210. The predicted octanol–water partition coefficient (Wildman–Crippen LogP) is 4.83. The first kappa shape index (κ1) is 12.9. The van der Waals surface area contributed by atoms with Crippen molar-refractivity contribution >= 4 is 27.5 Å². The van der Waals surface area contributed by atoms with Gasteiger partial charge in [-0.25, -0.2) is 0 Å². The van der Waals surface area contributed by atoms with Crippen LogP contribution < -0.4 is 4.74 Å². The summed E-state index contributed by atoms with van der Waals surface area (Å²) in [7, 11) is 1.64. The third kappa shape index (κ3) is 3.69. The largest absolute Gasteiger partial charge is 0.497 e. The van der Waals surface area contributed by atoms with Crippen molar-refractivity contribution in [1.29, 1.82) is 0 Å². The Balaban J connectivity index is 2.85. The number of alkyl halides is 1. The molecule has 0 aliphatic heterocycles. The van der Waals surface area contributed by atoms with E-state index in [1.807, 2.05) is 18.2 Å². The first-order valence-electron chi connectivity index (χ1n) is 5.02. The van der Waals surface area contributed by atoms with Crippen LogP contribution in [-0.4, -0.2) is 7.11 Å². The van der Waals surface area contributed by atoms with Gasteiger partial charge in [0, 0.05) is 9.85 Å². The molecule has 0 aliphatic rings. The number of methoxy groups -OCH3 is 1. The smallest absolute Gasteiger partial charge is 0.120 e. The van der Waals surface area contributed by atoms with Crippen molar-refractivity contribution in [2.75, 3.05) is 7.11 Å². The highest BCUT2D eigenvalue weighted by atomic mass is 79.9. The molecule has 84 valence electrons. The van der Waals surface area contributed by atoms with E-state index in [4.69, 9.17) is 16.3 Å². The molecule has 0 spiro atoms. The maximum atomic E-state index is 6.18. The van der Waals surface area contributed by atoms with E-state index in [-0.39, 0.29) is 0 Å². The fourth-order valence-electron chi connectivity index (χ4n) is 1.43. The standard InChI is InChI=1S/C12H16BrClO/c1-8(2)6-11(13)10-5-4-9(15-3)7-12(10)14/h4-5,7-8,11H,6H2,1-3H3. The van der Waals surface area contributed by atoms with Gasteiger partial charge in [0.15, 0.2) is 0 Å². The van der Waals surface area contributed by atoms with Crippen molar-refractivity contribution in [3.8, 4) is 5.75 Å². The zero-order valence-corrected chi connectivity index (χ0v) is 11.6. The Kier molecular flexibility index (Phi) is 4.94. The minimum atomic E-state index is 0.316. The van der Waals surface area contributed by atoms with Gasteiger partial charge in [-0.15, -0.1) is 0 Å². The van der Waals surface area contributed by atoms with Gasteiger partial charge >= 0.3 is 0 Å². The Morgan fingerprint density at radius 2 is 2.07 bits per heavy atom. The van der Waals surface area contributed by atoms with E-state index in [9.17, 15) is 0 Å². The molecule has 0 aromatic heterocycles. The maximum absolute atomic E-state index is 6.18. The van der Waals surface area contributed by atoms with Gasteiger partial charge in [-0.05, 0) is 30.0 Å². The lowest BCUT2D eigenvalue weighted by atomic mass is 10.0. The van der Waals surface area contributed by atoms with Crippen LogP contribution in [0.15, 0.2) is 18.2 Å². The number of hydrogen-bond acceptors (Lipinski definition) is 1. The average molecular weight is 292 g/mol. The monoisotopic (exact) mass is 290 g/mol. The fourth-order valence-corrected chi connectivity index (χ4v) is 3.01. The molecule has 0 N–H and O–H groups in total. The van der Waals surface area contributed by atoms with Crippen LogP contribution in [0, 0.1) is 5.92 Å². The van der Waals surface area contributed by atoms with E-state index < -0.39 is 0 Å². The molecule has 0 saturated carbocycles. The molecule has 3 heteroatoms. The van der Waals surface area contributed by atoms with Gasteiger partial charge in [0.1, 0.15) is 5.75 Å². The zero-order chi connectivity index (χ0) is 11.4. The van der Waals surface area contributed by atoms with E-state index in [1.165, 1.54) is 0 Å². The SMILES string of the molecule is COc1ccc(C(Br)CC(C)C)c(Cl)c1. The Bertz CT molecular complexity index is 325. The van der Waals surface area contributed by atoms with Crippen molar-refractivity contribution in [2.45, 2.75) is 25.1 Å². The summed E-state index contributed by atoms with van der Waals surface area (Å²) in [6, 6.07) is 5.81. The second-order valence-electron chi connectivity index (χ2n) is 3.98. The second kappa shape index (κ2) is 5.76. The van der Waals surface area contributed by atoms with E-state index in [0.29, 0.717) is 10.7 Å². The third-order valence-electron chi connectivity index (χ3n) is 2.22. The molecule has 1 nitrogen and oxygen atoms in total. The summed E-state index contributed by atoms with van der Waals surface area (Å²) >= 11 is 9.84. The van der Waals surface area contributed by atoms with Crippen LogP contribution in [0.5, 0.6) is 5.75 Å². The van der Waals surface area contributed by atoms with Crippen LogP contribution in [0.3, 0.4) is 0 Å². The molecular formula is C12H16BrClO. The Labute approximate surface area is 105 Å². The van der Waals surface area contributed by atoms with Crippen LogP contribution in [0.25, 0.3) is 0 Å². The number of rotatable bonds is 4. The molecule has 0 amide bonds. The second-order valence-corrected chi connectivity index (χ2v) is 5.50. The molecule has 0 aliphatic carbocycles. The normalized spacial score (nSPS) is 12.9. The average Bonchev–Trinajstić information content (AvgIpc) is 2.16. The minimum Gasteiger partial charge on any atom is -0.497 e.